The minimum Gasteiger partial charge on any atom is -0.350 e. The number of nitrogens with zero attached hydrogens (tertiary/aromatic N) is 3. The molecule has 3 heterocycles. The van der Waals surface area contributed by atoms with Crippen molar-refractivity contribution < 1.29 is 0 Å². The molecule has 0 fully saturated rings. The van der Waals surface area contributed by atoms with Crippen molar-refractivity contribution in [3.63, 3.8) is 0 Å². The van der Waals surface area contributed by atoms with Crippen molar-refractivity contribution in [1.29, 1.82) is 0 Å². The molecule has 1 unspecified atom stereocenters. The third-order valence-corrected chi connectivity index (χ3v) is 4.28. The van der Waals surface area contributed by atoms with Gasteiger partial charge in [0, 0.05) is 41.6 Å². The summed E-state index contributed by atoms with van der Waals surface area (Å²) in [7, 11) is 2.13. The molecular weight excluding hydrogens is 234 g/mol. The molecular formula is C16H17N3. The van der Waals surface area contributed by atoms with Crippen LogP contribution in [0.4, 0.5) is 0 Å². The van der Waals surface area contributed by atoms with Gasteiger partial charge in [-0.2, -0.15) is 0 Å². The second-order valence-electron chi connectivity index (χ2n) is 5.41. The van der Waals surface area contributed by atoms with Gasteiger partial charge in [-0.15, -0.1) is 0 Å². The first-order valence-electron chi connectivity index (χ1n) is 6.89. The van der Waals surface area contributed by atoms with Crippen LogP contribution >= 0.6 is 0 Å². The van der Waals surface area contributed by atoms with E-state index < -0.39 is 0 Å². The second-order valence-corrected chi connectivity index (χ2v) is 5.41. The molecule has 3 aromatic rings. The Morgan fingerprint density at radius 3 is 3.11 bits per heavy atom. The summed E-state index contributed by atoms with van der Waals surface area (Å²) in [4.78, 5) is 4.32. The van der Waals surface area contributed by atoms with Gasteiger partial charge in [0.05, 0.1) is 12.4 Å². The fourth-order valence-electron chi connectivity index (χ4n) is 3.37. The van der Waals surface area contributed by atoms with Gasteiger partial charge in [-0.1, -0.05) is 18.2 Å². The Kier molecular flexibility index (Phi) is 2.28. The van der Waals surface area contributed by atoms with Crippen LogP contribution < -0.4 is 0 Å². The minimum absolute atomic E-state index is 0.442. The van der Waals surface area contributed by atoms with Crippen LogP contribution in [-0.4, -0.2) is 14.1 Å². The molecule has 0 saturated carbocycles. The molecule has 3 heteroatoms. The molecule has 2 aromatic heterocycles. The zero-order chi connectivity index (χ0) is 12.8. The van der Waals surface area contributed by atoms with E-state index in [1.165, 1.54) is 35.0 Å². The predicted octanol–water partition coefficient (Wildman–Crippen LogP) is 3.30. The van der Waals surface area contributed by atoms with Crippen molar-refractivity contribution in [2.75, 3.05) is 0 Å². The summed E-state index contributed by atoms with van der Waals surface area (Å²) in [5.41, 5.74) is 4.10. The lowest BCUT2D eigenvalue weighted by Gasteiger charge is -2.25. The Morgan fingerprint density at radius 2 is 2.16 bits per heavy atom. The van der Waals surface area contributed by atoms with Crippen LogP contribution in [0.25, 0.3) is 10.9 Å². The number of rotatable bonds is 1. The second kappa shape index (κ2) is 3.98. The average molecular weight is 251 g/mol. The predicted molar refractivity (Wildman–Crippen MR) is 76.2 cm³/mol. The van der Waals surface area contributed by atoms with Crippen LogP contribution in [-0.2, 0) is 13.5 Å². The molecule has 0 aliphatic carbocycles. The molecule has 96 valence electrons. The first kappa shape index (κ1) is 10.9. The van der Waals surface area contributed by atoms with Gasteiger partial charge in [0.25, 0.3) is 0 Å². The molecule has 1 aliphatic heterocycles. The smallest absolute Gasteiger partial charge is 0.0953 e. The van der Waals surface area contributed by atoms with Crippen molar-refractivity contribution in [3.8, 4) is 0 Å². The number of aromatic nitrogens is 3. The molecule has 0 radical (unpaired) electrons. The van der Waals surface area contributed by atoms with Crippen LogP contribution in [0.1, 0.15) is 30.1 Å². The first-order chi connectivity index (χ1) is 9.34. The van der Waals surface area contributed by atoms with Gasteiger partial charge in [-0.3, -0.25) is 0 Å². The topological polar surface area (TPSA) is 22.8 Å². The Morgan fingerprint density at radius 1 is 1.26 bits per heavy atom. The summed E-state index contributed by atoms with van der Waals surface area (Å²) in [6.45, 7) is 0. The van der Waals surface area contributed by atoms with E-state index in [1.54, 1.807) is 0 Å². The summed E-state index contributed by atoms with van der Waals surface area (Å²) in [5.74, 6) is 0. The van der Waals surface area contributed by atoms with Gasteiger partial charge in [0.2, 0.25) is 0 Å². The van der Waals surface area contributed by atoms with Crippen LogP contribution in [0.15, 0.2) is 43.0 Å². The summed E-state index contributed by atoms with van der Waals surface area (Å²) >= 11 is 0. The molecule has 19 heavy (non-hydrogen) atoms. The van der Waals surface area contributed by atoms with Crippen LogP contribution in [0.5, 0.6) is 0 Å². The molecule has 0 saturated heterocycles. The van der Waals surface area contributed by atoms with Gasteiger partial charge in [-0.05, 0) is 25.3 Å². The van der Waals surface area contributed by atoms with E-state index in [4.69, 9.17) is 0 Å². The Labute approximate surface area is 112 Å². The van der Waals surface area contributed by atoms with E-state index in [0.717, 1.165) is 6.42 Å². The highest BCUT2D eigenvalue weighted by atomic mass is 15.1. The highest BCUT2D eigenvalue weighted by molar-refractivity contribution is 5.84. The molecule has 0 amide bonds. The molecule has 1 aliphatic rings. The Bertz CT molecular complexity index is 735. The maximum Gasteiger partial charge on any atom is 0.0953 e. The van der Waals surface area contributed by atoms with Crippen LogP contribution in [0, 0.1) is 0 Å². The van der Waals surface area contributed by atoms with Crippen molar-refractivity contribution in [3.05, 3.63) is 54.2 Å². The maximum atomic E-state index is 4.32. The first-order valence-corrected chi connectivity index (χ1v) is 6.89. The highest BCUT2D eigenvalue weighted by Crippen LogP contribution is 2.35. The fraction of sp³-hybridized carbons (Fsp3) is 0.312. The molecule has 0 spiro atoms. The van der Waals surface area contributed by atoms with E-state index >= 15 is 0 Å². The zero-order valence-corrected chi connectivity index (χ0v) is 11.1. The van der Waals surface area contributed by atoms with Crippen LogP contribution in [0.2, 0.25) is 0 Å². The average Bonchev–Trinajstić information content (AvgIpc) is 3.04. The number of hydrogen-bond donors (Lipinski definition) is 0. The molecule has 0 bridgehead atoms. The van der Waals surface area contributed by atoms with E-state index in [2.05, 4.69) is 51.6 Å². The van der Waals surface area contributed by atoms with Gasteiger partial charge in [0.1, 0.15) is 0 Å². The minimum atomic E-state index is 0.442. The number of hydrogen-bond acceptors (Lipinski definition) is 1. The molecule has 1 aromatic carbocycles. The zero-order valence-electron chi connectivity index (χ0n) is 11.1. The summed E-state index contributed by atoms with van der Waals surface area (Å²) < 4.78 is 4.58. The number of fused-ring (bicyclic) bond motifs is 2. The SMILES string of the molecule is Cn1cc(C2CCCc3cncn32)c2ccccc21. The number of imidazole rings is 1. The molecule has 1 atom stereocenters. The largest absolute Gasteiger partial charge is 0.350 e. The maximum absolute atomic E-state index is 4.32. The third-order valence-electron chi connectivity index (χ3n) is 4.28. The van der Waals surface area contributed by atoms with E-state index in [0.29, 0.717) is 6.04 Å². The quantitative estimate of drug-likeness (QED) is 0.650. The van der Waals surface area contributed by atoms with E-state index in [9.17, 15) is 0 Å². The van der Waals surface area contributed by atoms with Crippen LogP contribution in [0.3, 0.4) is 0 Å². The lowest BCUT2D eigenvalue weighted by atomic mass is 9.96. The monoisotopic (exact) mass is 251 g/mol. The lowest BCUT2D eigenvalue weighted by molar-refractivity contribution is 0.459. The van der Waals surface area contributed by atoms with E-state index in [-0.39, 0.29) is 0 Å². The van der Waals surface area contributed by atoms with Crippen molar-refractivity contribution in [1.82, 2.24) is 14.1 Å². The van der Waals surface area contributed by atoms with Crippen molar-refractivity contribution >= 4 is 10.9 Å². The molecule has 0 N–H and O–H groups in total. The number of benzene rings is 1. The Hall–Kier alpha value is -2.03. The number of aryl methyl sites for hydroxylation is 2. The highest BCUT2D eigenvalue weighted by Gasteiger charge is 2.23. The van der Waals surface area contributed by atoms with Gasteiger partial charge in [0.15, 0.2) is 0 Å². The molecule has 3 nitrogen and oxygen atoms in total. The van der Waals surface area contributed by atoms with Crippen molar-refractivity contribution in [2.24, 2.45) is 7.05 Å². The lowest BCUT2D eigenvalue weighted by Crippen LogP contribution is -2.17. The summed E-state index contributed by atoms with van der Waals surface area (Å²) in [5, 5.41) is 1.37. The van der Waals surface area contributed by atoms with Crippen molar-refractivity contribution in [2.45, 2.75) is 25.3 Å². The van der Waals surface area contributed by atoms with Gasteiger partial charge in [-0.25, -0.2) is 4.98 Å². The normalized spacial score (nSPS) is 18.7. The molecule has 4 rings (SSSR count). The summed E-state index contributed by atoms with van der Waals surface area (Å²) in [6.07, 6.45) is 9.89. The number of para-hydroxylation sites is 1. The van der Waals surface area contributed by atoms with Gasteiger partial charge >= 0.3 is 0 Å². The summed E-state index contributed by atoms with van der Waals surface area (Å²) in [6, 6.07) is 9.10. The Balaban J connectivity index is 1.93. The standard InChI is InChI=1S/C16H17N3/c1-18-10-14(13-6-2-3-7-15(13)18)16-8-4-5-12-9-17-11-19(12)16/h2-3,6-7,9-11,16H,4-5,8H2,1H3. The van der Waals surface area contributed by atoms with E-state index in [1.807, 2.05) is 12.5 Å². The fourth-order valence-corrected chi connectivity index (χ4v) is 3.37. The third kappa shape index (κ3) is 1.54. The van der Waals surface area contributed by atoms with Gasteiger partial charge < -0.3 is 9.13 Å².